The number of nitrogens with zero attached hydrogens (tertiary/aromatic N) is 1. The number of halogens is 2. The normalized spacial score (nSPS) is 11.6. The molecule has 0 atom stereocenters. The number of benzene rings is 2. The van der Waals surface area contributed by atoms with Gasteiger partial charge in [0.05, 0.1) is 0 Å². The van der Waals surface area contributed by atoms with Crippen molar-refractivity contribution in [3.05, 3.63) is 65.2 Å². The lowest BCUT2D eigenvalue weighted by atomic mass is 10.1. The van der Waals surface area contributed by atoms with Gasteiger partial charge < -0.3 is 10.9 Å². The molecule has 0 saturated carbocycles. The second kappa shape index (κ2) is 6.38. The molecule has 2 aromatic carbocycles. The van der Waals surface area contributed by atoms with Crippen molar-refractivity contribution >= 4 is 17.6 Å². The minimum absolute atomic E-state index is 0.0359. The maximum Gasteiger partial charge on any atom is 0.170 e. The highest BCUT2D eigenvalue weighted by atomic mass is 32.2. The summed E-state index contributed by atoms with van der Waals surface area (Å²) in [4.78, 5) is 0.395. The van der Waals surface area contributed by atoms with Gasteiger partial charge in [-0.3, -0.25) is 0 Å². The van der Waals surface area contributed by atoms with E-state index in [0.29, 0.717) is 16.2 Å². The van der Waals surface area contributed by atoms with E-state index in [2.05, 4.69) is 5.16 Å². The topological polar surface area (TPSA) is 58.6 Å². The highest BCUT2D eigenvalue weighted by Gasteiger charge is 2.05. The Morgan fingerprint density at radius 3 is 2.45 bits per heavy atom. The summed E-state index contributed by atoms with van der Waals surface area (Å²) in [7, 11) is 0. The van der Waals surface area contributed by atoms with Crippen LogP contribution < -0.4 is 5.73 Å². The zero-order valence-electron chi connectivity index (χ0n) is 10.4. The number of rotatable bonds is 4. The van der Waals surface area contributed by atoms with Crippen LogP contribution in [0.2, 0.25) is 0 Å². The number of oxime groups is 1. The fourth-order valence-corrected chi connectivity index (χ4v) is 2.46. The van der Waals surface area contributed by atoms with Crippen molar-refractivity contribution in [2.75, 3.05) is 0 Å². The van der Waals surface area contributed by atoms with Crippen molar-refractivity contribution in [1.29, 1.82) is 0 Å². The van der Waals surface area contributed by atoms with Gasteiger partial charge in [-0.25, -0.2) is 8.78 Å². The molecule has 2 aromatic rings. The molecule has 0 aromatic heterocycles. The van der Waals surface area contributed by atoms with Crippen LogP contribution in [0, 0.1) is 11.6 Å². The first-order valence-corrected chi connectivity index (χ1v) is 6.73. The molecule has 0 radical (unpaired) electrons. The first-order chi connectivity index (χ1) is 9.60. The van der Waals surface area contributed by atoms with E-state index in [-0.39, 0.29) is 5.84 Å². The molecular weight excluding hydrogens is 282 g/mol. The van der Waals surface area contributed by atoms with E-state index in [0.717, 1.165) is 11.6 Å². The molecule has 3 N–H and O–H groups in total. The quantitative estimate of drug-likeness (QED) is 0.299. The Morgan fingerprint density at radius 1 is 1.15 bits per heavy atom. The molecule has 0 aliphatic carbocycles. The van der Waals surface area contributed by atoms with Crippen molar-refractivity contribution in [3.8, 4) is 0 Å². The molecule has 0 aliphatic heterocycles. The molecule has 0 amide bonds. The minimum Gasteiger partial charge on any atom is -0.409 e. The largest absolute Gasteiger partial charge is 0.409 e. The lowest BCUT2D eigenvalue weighted by Crippen LogP contribution is -2.12. The van der Waals surface area contributed by atoms with Crippen molar-refractivity contribution in [1.82, 2.24) is 0 Å². The standard InChI is InChI=1S/C14H12F2N2OS/c15-11-5-6-13(12(16)7-11)20-8-9-1-3-10(4-2-9)14(17)18-19/h1-7,19H,8H2,(H2,17,18). The summed E-state index contributed by atoms with van der Waals surface area (Å²) in [6, 6.07) is 10.6. The second-order valence-electron chi connectivity index (χ2n) is 4.05. The molecule has 104 valence electrons. The van der Waals surface area contributed by atoms with E-state index in [1.165, 1.54) is 23.9 Å². The van der Waals surface area contributed by atoms with Gasteiger partial charge in [0.1, 0.15) is 11.6 Å². The Bertz CT molecular complexity index is 630. The maximum absolute atomic E-state index is 13.4. The zero-order chi connectivity index (χ0) is 14.5. The van der Waals surface area contributed by atoms with E-state index in [1.54, 1.807) is 12.1 Å². The molecule has 0 saturated heterocycles. The fourth-order valence-electron chi connectivity index (χ4n) is 1.58. The number of hydrogen-bond donors (Lipinski definition) is 2. The van der Waals surface area contributed by atoms with Crippen molar-refractivity contribution in [3.63, 3.8) is 0 Å². The maximum atomic E-state index is 13.4. The molecule has 0 heterocycles. The number of thioether (sulfide) groups is 1. The van der Waals surface area contributed by atoms with Crippen LogP contribution in [0.4, 0.5) is 8.78 Å². The van der Waals surface area contributed by atoms with Crippen LogP contribution in [0.3, 0.4) is 0 Å². The summed E-state index contributed by atoms with van der Waals surface area (Å²) in [6.07, 6.45) is 0. The van der Waals surface area contributed by atoms with Crippen LogP contribution in [-0.4, -0.2) is 11.0 Å². The van der Waals surface area contributed by atoms with Gasteiger partial charge in [0.15, 0.2) is 5.84 Å². The van der Waals surface area contributed by atoms with Crippen LogP contribution >= 0.6 is 11.8 Å². The predicted octanol–water partition coefficient (Wildman–Crippen LogP) is 3.35. The van der Waals surface area contributed by atoms with Crippen molar-refractivity contribution in [2.24, 2.45) is 10.9 Å². The lowest BCUT2D eigenvalue weighted by Gasteiger charge is -2.05. The minimum atomic E-state index is -0.588. The first-order valence-electron chi connectivity index (χ1n) is 5.75. The van der Waals surface area contributed by atoms with Crippen LogP contribution in [0.15, 0.2) is 52.5 Å². The van der Waals surface area contributed by atoms with Gasteiger partial charge >= 0.3 is 0 Å². The Hall–Kier alpha value is -2.08. The first kappa shape index (κ1) is 14.3. The molecule has 0 unspecified atom stereocenters. The smallest absolute Gasteiger partial charge is 0.170 e. The van der Waals surface area contributed by atoms with Gasteiger partial charge in [-0.05, 0) is 17.7 Å². The molecule has 0 bridgehead atoms. The Morgan fingerprint density at radius 2 is 1.85 bits per heavy atom. The van der Waals surface area contributed by atoms with Crippen LogP contribution in [0.25, 0.3) is 0 Å². The van der Waals surface area contributed by atoms with E-state index in [9.17, 15) is 8.78 Å². The van der Waals surface area contributed by atoms with Crippen molar-refractivity contribution < 1.29 is 14.0 Å². The number of nitrogens with two attached hydrogens (primary N) is 1. The molecule has 0 fully saturated rings. The fraction of sp³-hybridized carbons (Fsp3) is 0.0714. The predicted molar refractivity (Wildman–Crippen MR) is 74.9 cm³/mol. The molecule has 0 spiro atoms. The van der Waals surface area contributed by atoms with E-state index in [1.807, 2.05) is 12.1 Å². The average molecular weight is 294 g/mol. The number of hydrogen-bond acceptors (Lipinski definition) is 3. The van der Waals surface area contributed by atoms with Gasteiger partial charge in [0.2, 0.25) is 0 Å². The van der Waals surface area contributed by atoms with Crippen LogP contribution in [0.1, 0.15) is 11.1 Å². The molecule has 3 nitrogen and oxygen atoms in total. The van der Waals surface area contributed by atoms with E-state index >= 15 is 0 Å². The summed E-state index contributed by atoms with van der Waals surface area (Å²) in [6.45, 7) is 0. The SMILES string of the molecule is N/C(=N\O)c1ccc(CSc2ccc(F)cc2F)cc1. The summed E-state index contributed by atoms with van der Waals surface area (Å²) in [5, 5.41) is 11.5. The van der Waals surface area contributed by atoms with Gasteiger partial charge in [0, 0.05) is 22.3 Å². The lowest BCUT2D eigenvalue weighted by molar-refractivity contribution is 0.318. The highest BCUT2D eigenvalue weighted by molar-refractivity contribution is 7.98. The molecular formula is C14H12F2N2OS. The van der Waals surface area contributed by atoms with Gasteiger partial charge in [0.25, 0.3) is 0 Å². The molecule has 2 rings (SSSR count). The second-order valence-corrected chi connectivity index (χ2v) is 5.06. The zero-order valence-corrected chi connectivity index (χ0v) is 11.2. The van der Waals surface area contributed by atoms with Gasteiger partial charge in [-0.2, -0.15) is 0 Å². The Labute approximate surface area is 119 Å². The Balaban J connectivity index is 2.04. The summed E-state index contributed by atoms with van der Waals surface area (Å²) >= 11 is 1.28. The molecule has 20 heavy (non-hydrogen) atoms. The highest BCUT2D eigenvalue weighted by Crippen LogP contribution is 2.26. The summed E-state index contributed by atoms with van der Waals surface area (Å²) in [5.41, 5.74) is 7.01. The van der Waals surface area contributed by atoms with Gasteiger partial charge in [-0.1, -0.05) is 29.4 Å². The molecule has 0 aliphatic rings. The van der Waals surface area contributed by atoms with Crippen LogP contribution in [-0.2, 0) is 5.75 Å². The third-order valence-electron chi connectivity index (χ3n) is 2.65. The third-order valence-corrected chi connectivity index (χ3v) is 3.77. The Kier molecular flexibility index (Phi) is 4.57. The van der Waals surface area contributed by atoms with Crippen LogP contribution in [0.5, 0.6) is 0 Å². The number of amidine groups is 1. The van der Waals surface area contributed by atoms with E-state index < -0.39 is 11.6 Å². The summed E-state index contributed by atoms with van der Waals surface area (Å²) in [5.74, 6) is -0.578. The van der Waals surface area contributed by atoms with Gasteiger partial charge in [-0.15, -0.1) is 11.8 Å². The average Bonchev–Trinajstić information content (AvgIpc) is 2.46. The van der Waals surface area contributed by atoms with Crippen molar-refractivity contribution in [2.45, 2.75) is 10.6 Å². The van der Waals surface area contributed by atoms with E-state index in [4.69, 9.17) is 10.9 Å². The third kappa shape index (κ3) is 3.48. The summed E-state index contributed by atoms with van der Waals surface area (Å²) < 4.78 is 26.2. The molecule has 6 heteroatoms. The monoisotopic (exact) mass is 294 g/mol.